The van der Waals surface area contributed by atoms with Crippen LogP contribution in [0.15, 0.2) is 48.7 Å². The van der Waals surface area contributed by atoms with E-state index in [1.165, 1.54) is 11.3 Å². The van der Waals surface area contributed by atoms with Gasteiger partial charge in [-0.05, 0) is 44.0 Å². The van der Waals surface area contributed by atoms with E-state index >= 15 is 0 Å². The first-order valence-corrected chi connectivity index (χ1v) is 9.44. The normalized spacial score (nSPS) is 22.0. The SMILES string of the molecule is CC(C)NC(=O)C1Cc2ccccc2N2CCN(c3ccccn3)CC12. The van der Waals surface area contributed by atoms with E-state index < -0.39 is 0 Å². The number of pyridine rings is 1. The molecule has 5 nitrogen and oxygen atoms in total. The maximum Gasteiger partial charge on any atom is 0.225 e. The number of carbonyl (C=O) groups excluding carboxylic acids is 1. The number of fused-ring (bicyclic) bond motifs is 3. The van der Waals surface area contributed by atoms with Crippen LogP contribution in [-0.4, -0.2) is 42.6 Å². The standard InChI is InChI=1S/C21H26N4O/c1-15(2)23-21(26)17-13-16-7-3-4-8-18(16)25-12-11-24(14-19(17)25)20-9-5-6-10-22-20/h3-10,15,17,19H,11-14H2,1-2H3,(H,23,26). The van der Waals surface area contributed by atoms with Gasteiger partial charge >= 0.3 is 0 Å². The highest BCUT2D eigenvalue weighted by molar-refractivity contribution is 5.82. The minimum absolute atomic E-state index is 0.0428. The Morgan fingerprint density at radius 1 is 1.15 bits per heavy atom. The molecule has 1 amide bonds. The summed E-state index contributed by atoms with van der Waals surface area (Å²) in [5.41, 5.74) is 2.56. The Morgan fingerprint density at radius 3 is 2.73 bits per heavy atom. The second-order valence-electron chi connectivity index (χ2n) is 7.50. The van der Waals surface area contributed by atoms with E-state index in [1.807, 2.05) is 32.2 Å². The molecule has 2 atom stereocenters. The number of anilines is 2. The summed E-state index contributed by atoms with van der Waals surface area (Å²) in [6.07, 6.45) is 2.63. The Hall–Kier alpha value is -2.56. The van der Waals surface area contributed by atoms with Crippen molar-refractivity contribution in [2.45, 2.75) is 32.4 Å². The molecule has 0 bridgehead atoms. The summed E-state index contributed by atoms with van der Waals surface area (Å²) in [5, 5.41) is 3.13. The van der Waals surface area contributed by atoms with Gasteiger partial charge < -0.3 is 15.1 Å². The van der Waals surface area contributed by atoms with Gasteiger partial charge in [0.05, 0.1) is 12.0 Å². The van der Waals surface area contributed by atoms with Crippen LogP contribution in [0.3, 0.4) is 0 Å². The van der Waals surface area contributed by atoms with Gasteiger partial charge in [-0.25, -0.2) is 4.98 Å². The third kappa shape index (κ3) is 3.14. The van der Waals surface area contributed by atoms with Crippen LogP contribution >= 0.6 is 0 Å². The number of amides is 1. The number of hydrogen-bond acceptors (Lipinski definition) is 4. The zero-order valence-electron chi connectivity index (χ0n) is 15.4. The fourth-order valence-corrected chi connectivity index (χ4v) is 4.20. The number of benzene rings is 1. The van der Waals surface area contributed by atoms with Gasteiger partial charge in [0, 0.05) is 37.6 Å². The lowest BCUT2D eigenvalue weighted by Gasteiger charge is -2.49. The monoisotopic (exact) mass is 350 g/mol. The Morgan fingerprint density at radius 2 is 1.96 bits per heavy atom. The molecule has 3 heterocycles. The van der Waals surface area contributed by atoms with Gasteiger partial charge in [0.25, 0.3) is 0 Å². The Labute approximate surface area is 155 Å². The van der Waals surface area contributed by atoms with Crippen LogP contribution in [0.5, 0.6) is 0 Å². The van der Waals surface area contributed by atoms with Crippen LogP contribution in [0.25, 0.3) is 0 Å². The Kier molecular flexibility index (Phi) is 4.53. The highest BCUT2D eigenvalue weighted by atomic mass is 16.2. The fourth-order valence-electron chi connectivity index (χ4n) is 4.20. The second-order valence-corrected chi connectivity index (χ2v) is 7.50. The molecular weight excluding hydrogens is 324 g/mol. The summed E-state index contributed by atoms with van der Waals surface area (Å²) in [6.45, 7) is 6.69. The highest BCUT2D eigenvalue weighted by Gasteiger charge is 2.41. The van der Waals surface area contributed by atoms with Gasteiger partial charge in [0.15, 0.2) is 0 Å². The average molecular weight is 350 g/mol. The van der Waals surface area contributed by atoms with E-state index in [-0.39, 0.29) is 23.9 Å². The third-order valence-electron chi connectivity index (χ3n) is 5.36. The quantitative estimate of drug-likeness (QED) is 0.924. The summed E-state index contributed by atoms with van der Waals surface area (Å²) in [6, 6.07) is 14.8. The maximum atomic E-state index is 12.9. The van der Waals surface area contributed by atoms with E-state index in [0.717, 1.165) is 31.9 Å². The first kappa shape index (κ1) is 16.9. The van der Waals surface area contributed by atoms with Crippen molar-refractivity contribution < 1.29 is 4.79 Å². The number of para-hydroxylation sites is 1. The molecule has 26 heavy (non-hydrogen) atoms. The summed E-state index contributed by atoms with van der Waals surface area (Å²) < 4.78 is 0. The van der Waals surface area contributed by atoms with Crippen molar-refractivity contribution in [2.75, 3.05) is 29.4 Å². The largest absolute Gasteiger partial charge is 0.364 e. The third-order valence-corrected chi connectivity index (χ3v) is 5.36. The van der Waals surface area contributed by atoms with Crippen LogP contribution in [0.4, 0.5) is 11.5 Å². The molecule has 2 aliphatic rings. The molecule has 0 saturated carbocycles. The summed E-state index contributed by atoms with van der Waals surface area (Å²) in [4.78, 5) is 22.2. The molecule has 5 heteroatoms. The Bertz CT molecular complexity index is 777. The van der Waals surface area contributed by atoms with Gasteiger partial charge in [-0.3, -0.25) is 4.79 Å². The van der Waals surface area contributed by atoms with Crippen molar-refractivity contribution in [3.8, 4) is 0 Å². The second kappa shape index (κ2) is 6.98. The lowest BCUT2D eigenvalue weighted by molar-refractivity contribution is -0.126. The molecule has 1 N–H and O–H groups in total. The van der Waals surface area contributed by atoms with E-state index in [4.69, 9.17) is 0 Å². The van der Waals surface area contributed by atoms with Crippen molar-refractivity contribution in [1.29, 1.82) is 0 Å². The van der Waals surface area contributed by atoms with Crippen LogP contribution in [-0.2, 0) is 11.2 Å². The lowest BCUT2D eigenvalue weighted by atomic mass is 9.83. The van der Waals surface area contributed by atoms with Gasteiger partial charge in [-0.15, -0.1) is 0 Å². The van der Waals surface area contributed by atoms with Gasteiger partial charge in [-0.2, -0.15) is 0 Å². The van der Waals surface area contributed by atoms with Crippen molar-refractivity contribution in [1.82, 2.24) is 10.3 Å². The minimum Gasteiger partial charge on any atom is -0.364 e. The van der Waals surface area contributed by atoms with Gasteiger partial charge in [0.1, 0.15) is 5.82 Å². The van der Waals surface area contributed by atoms with Crippen molar-refractivity contribution >= 4 is 17.4 Å². The van der Waals surface area contributed by atoms with E-state index in [2.05, 4.69) is 50.4 Å². The smallest absolute Gasteiger partial charge is 0.225 e. The zero-order valence-corrected chi connectivity index (χ0v) is 15.4. The number of piperazine rings is 1. The van der Waals surface area contributed by atoms with Crippen molar-refractivity contribution in [3.63, 3.8) is 0 Å². The van der Waals surface area contributed by atoms with Gasteiger partial charge in [0.2, 0.25) is 5.91 Å². The molecule has 1 saturated heterocycles. The van der Waals surface area contributed by atoms with Crippen LogP contribution < -0.4 is 15.1 Å². The van der Waals surface area contributed by atoms with Crippen molar-refractivity contribution in [2.24, 2.45) is 5.92 Å². The number of rotatable bonds is 3. The predicted molar refractivity (Wildman–Crippen MR) is 104 cm³/mol. The average Bonchev–Trinajstić information content (AvgIpc) is 2.67. The molecule has 1 fully saturated rings. The van der Waals surface area contributed by atoms with Crippen molar-refractivity contribution in [3.05, 3.63) is 54.2 Å². The summed E-state index contributed by atoms with van der Waals surface area (Å²) >= 11 is 0. The molecule has 0 radical (unpaired) electrons. The molecular formula is C21H26N4O. The molecule has 0 aliphatic carbocycles. The molecule has 1 aromatic carbocycles. The van der Waals surface area contributed by atoms with E-state index in [1.54, 1.807) is 0 Å². The maximum absolute atomic E-state index is 12.9. The molecule has 136 valence electrons. The van der Waals surface area contributed by atoms with E-state index in [0.29, 0.717) is 0 Å². The zero-order chi connectivity index (χ0) is 18.1. The minimum atomic E-state index is -0.0428. The number of nitrogens with zero attached hydrogens (tertiary/aromatic N) is 3. The Balaban J connectivity index is 1.65. The number of aromatic nitrogens is 1. The molecule has 1 aromatic heterocycles. The molecule has 2 aromatic rings. The molecule has 2 unspecified atom stereocenters. The number of carbonyl (C=O) groups is 1. The van der Waals surface area contributed by atoms with Crippen LogP contribution in [0.1, 0.15) is 19.4 Å². The molecule has 2 aliphatic heterocycles. The topological polar surface area (TPSA) is 48.5 Å². The van der Waals surface area contributed by atoms with Gasteiger partial charge in [-0.1, -0.05) is 24.3 Å². The molecule has 0 spiro atoms. The summed E-state index contributed by atoms with van der Waals surface area (Å²) in [7, 11) is 0. The van der Waals surface area contributed by atoms with Crippen LogP contribution in [0.2, 0.25) is 0 Å². The lowest BCUT2D eigenvalue weighted by Crippen LogP contribution is -2.61. The first-order valence-electron chi connectivity index (χ1n) is 9.44. The van der Waals surface area contributed by atoms with E-state index in [9.17, 15) is 4.79 Å². The number of nitrogens with one attached hydrogen (secondary N) is 1. The van der Waals surface area contributed by atoms with Crippen LogP contribution in [0, 0.1) is 5.92 Å². The molecule has 4 rings (SSSR count). The summed E-state index contributed by atoms with van der Waals surface area (Å²) in [5.74, 6) is 1.11. The predicted octanol–water partition coefficient (Wildman–Crippen LogP) is 2.47. The first-order chi connectivity index (χ1) is 12.6. The number of hydrogen-bond donors (Lipinski definition) is 1. The highest BCUT2D eigenvalue weighted by Crippen LogP contribution is 2.36. The fraction of sp³-hybridized carbons (Fsp3) is 0.429.